The summed E-state index contributed by atoms with van der Waals surface area (Å²) in [7, 11) is 0. The van der Waals surface area contributed by atoms with Crippen LogP contribution in [0.1, 0.15) is 32.3 Å². The number of hydrogen-bond acceptors (Lipinski definition) is 1. The van der Waals surface area contributed by atoms with Crippen LogP contribution in [0, 0.1) is 17.7 Å². The maximum Gasteiger partial charge on any atom is 0.138 e. The lowest BCUT2D eigenvalue weighted by Crippen LogP contribution is -2.12. The predicted molar refractivity (Wildman–Crippen MR) is 69.0 cm³/mol. The van der Waals surface area contributed by atoms with Crippen molar-refractivity contribution < 1.29 is 9.13 Å². The molecule has 0 aliphatic carbocycles. The summed E-state index contributed by atoms with van der Waals surface area (Å²) >= 11 is 5.50. The Morgan fingerprint density at radius 3 is 2.88 bits per heavy atom. The van der Waals surface area contributed by atoms with Gasteiger partial charge in [0.05, 0.1) is 17.5 Å². The van der Waals surface area contributed by atoms with Crippen molar-refractivity contribution in [3.05, 3.63) is 29.6 Å². The maximum atomic E-state index is 13.2. The number of alkyl halides is 1. The van der Waals surface area contributed by atoms with E-state index in [2.05, 4.69) is 18.8 Å². The fraction of sp³-hybridized carbons (Fsp3) is 0.429. The maximum absolute atomic E-state index is 13.2. The zero-order chi connectivity index (χ0) is 12.7. The van der Waals surface area contributed by atoms with Crippen molar-refractivity contribution in [1.82, 2.24) is 0 Å². The number of halogens is 2. The Labute approximate surface area is 107 Å². The Kier molecular flexibility index (Phi) is 5.86. The zero-order valence-electron chi connectivity index (χ0n) is 10.1. The summed E-state index contributed by atoms with van der Waals surface area (Å²) < 4.78 is 18.8. The normalized spacial score (nSPS) is 11.5. The van der Waals surface area contributed by atoms with Crippen LogP contribution in [0.4, 0.5) is 4.39 Å². The molecular formula is C14H16ClFO. The first kappa shape index (κ1) is 13.9. The molecule has 0 aromatic heterocycles. The lowest BCUT2D eigenvalue weighted by molar-refractivity contribution is 0.208. The van der Waals surface area contributed by atoms with Crippen LogP contribution in [-0.2, 0) is 0 Å². The van der Waals surface area contributed by atoms with Gasteiger partial charge in [-0.1, -0.05) is 25.2 Å². The van der Waals surface area contributed by atoms with Crippen molar-refractivity contribution in [3.8, 4) is 17.6 Å². The SMILES string of the molecule is CCCC(C)Oc1cc(F)ccc1C#CCCl. The van der Waals surface area contributed by atoms with E-state index in [-0.39, 0.29) is 17.8 Å². The molecule has 1 atom stereocenters. The number of benzene rings is 1. The molecule has 1 aromatic rings. The van der Waals surface area contributed by atoms with Crippen molar-refractivity contribution in [2.45, 2.75) is 32.8 Å². The summed E-state index contributed by atoms with van der Waals surface area (Å²) in [6.45, 7) is 4.05. The summed E-state index contributed by atoms with van der Waals surface area (Å²) in [5.41, 5.74) is 0.676. The van der Waals surface area contributed by atoms with E-state index in [1.165, 1.54) is 12.1 Å². The molecule has 0 radical (unpaired) electrons. The smallest absolute Gasteiger partial charge is 0.138 e. The van der Waals surface area contributed by atoms with Crippen molar-refractivity contribution in [1.29, 1.82) is 0 Å². The van der Waals surface area contributed by atoms with Crippen LogP contribution in [0.15, 0.2) is 18.2 Å². The van der Waals surface area contributed by atoms with Crippen molar-refractivity contribution in [3.63, 3.8) is 0 Å². The summed E-state index contributed by atoms with van der Waals surface area (Å²) in [4.78, 5) is 0. The third kappa shape index (κ3) is 4.66. The van der Waals surface area contributed by atoms with Gasteiger partial charge in [-0.2, -0.15) is 0 Å². The lowest BCUT2D eigenvalue weighted by atomic mass is 10.2. The molecule has 0 aliphatic heterocycles. The molecule has 1 unspecified atom stereocenters. The second-order valence-corrected chi connectivity index (χ2v) is 4.06. The van der Waals surface area contributed by atoms with Crippen LogP contribution in [0.2, 0.25) is 0 Å². The molecule has 0 N–H and O–H groups in total. The molecule has 0 heterocycles. The molecule has 1 rings (SSSR count). The Hall–Kier alpha value is -1.20. The van der Waals surface area contributed by atoms with E-state index in [4.69, 9.17) is 16.3 Å². The van der Waals surface area contributed by atoms with Gasteiger partial charge in [-0.3, -0.25) is 0 Å². The molecule has 92 valence electrons. The van der Waals surface area contributed by atoms with Gasteiger partial charge in [0.2, 0.25) is 0 Å². The molecule has 0 aliphatic rings. The van der Waals surface area contributed by atoms with Crippen LogP contribution in [-0.4, -0.2) is 12.0 Å². The summed E-state index contributed by atoms with van der Waals surface area (Å²) in [6, 6.07) is 4.35. The second-order valence-electron chi connectivity index (χ2n) is 3.79. The molecule has 0 saturated carbocycles. The Balaban J connectivity index is 2.90. The molecule has 0 bridgehead atoms. The Bertz CT molecular complexity index is 420. The van der Waals surface area contributed by atoms with Gasteiger partial charge < -0.3 is 4.74 Å². The fourth-order valence-electron chi connectivity index (χ4n) is 1.51. The van der Waals surface area contributed by atoms with Gasteiger partial charge in [-0.05, 0) is 25.5 Å². The number of ether oxygens (including phenoxy) is 1. The first-order valence-electron chi connectivity index (χ1n) is 5.68. The molecule has 1 aromatic carbocycles. The quantitative estimate of drug-likeness (QED) is 0.583. The third-order valence-electron chi connectivity index (χ3n) is 2.26. The zero-order valence-corrected chi connectivity index (χ0v) is 10.9. The minimum absolute atomic E-state index is 0.0540. The highest BCUT2D eigenvalue weighted by atomic mass is 35.5. The summed E-state index contributed by atoms with van der Waals surface area (Å²) in [6.07, 6.45) is 2.01. The summed E-state index contributed by atoms with van der Waals surface area (Å²) in [5.74, 6) is 6.03. The van der Waals surface area contributed by atoms with Gasteiger partial charge in [-0.25, -0.2) is 4.39 Å². The highest BCUT2D eigenvalue weighted by Gasteiger charge is 2.07. The van der Waals surface area contributed by atoms with Gasteiger partial charge in [-0.15, -0.1) is 11.6 Å². The van der Waals surface area contributed by atoms with Gasteiger partial charge >= 0.3 is 0 Å². The fourth-order valence-corrected chi connectivity index (χ4v) is 1.57. The predicted octanol–water partition coefficient (Wildman–Crippen LogP) is 3.98. The average Bonchev–Trinajstić information content (AvgIpc) is 2.28. The van der Waals surface area contributed by atoms with Gasteiger partial charge in [0.25, 0.3) is 0 Å². The van der Waals surface area contributed by atoms with E-state index in [1.54, 1.807) is 6.07 Å². The van der Waals surface area contributed by atoms with Crippen LogP contribution in [0.25, 0.3) is 0 Å². The third-order valence-corrected chi connectivity index (χ3v) is 2.39. The summed E-state index contributed by atoms with van der Waals surface area (Å²) in [5, 5.41) is 0. The molecule has 3 heteroatoms. The minimum Gasteiger partial charge on any atom is -0.489 e. The standard InChI is InChI=1S/C14H16ClFO/c1-3-5-11(2)17-14-10-13(16)8-7-12(14)6-4-9-15/h7-8,10-11H,3,5,9H2,1-2H3. The lowest BCUT2D eigenvalue weighted by Gasteiger charge is -2.15. The van der Waals surface area contributed by atoms with Crippen LogP contribution in [0.3, 0.4) is 0 Å². The van der Waals surface area contributed by atoms with Gasteiger partial charge in [0, 0.05) is 6.07 Å². The van der Waals surface area contributed by atoms with E-state index in [0.717, 1.165) is 12.8 Å². The van der Waals surface area contributed by atoms with Crippen LogP contribution >= 0.6 is 11.6 Å². The topological polar surface area (TPSA) is 9.23 Å². The molecular weight excluding hydrogens is 239 g/mol. The highest BCUT2D eigenvalue weighted by molar-refractivity contribution is 6.19. The van der Waals surface area contributed by atoms with Crippen molar-refractivity contribution in [2.75, 3.05) is 5.88 Å². The number of rotatable bonds is 4. The molecule has 0 fully saturated rings. The molecule has 1 nitrogen and oxygen atoms in total. The van der Waals surface area contributed by atoms with E-state index >= 15 is 0 Å². The molecule has 0 amide bonds. The largest absolute Gasteiger partial charge is 0.489 e. The van der Waals surface area contributed by atoms with Crippen LogP contribution < -0.4 is 4.74 Å². The van der Waals surface area contributed by atoms with Crippen LogP contribution in [0.5, 0.6) is 5.75 Å². The van der Waals surface area contributed by atoms with Gasteiger partial charge in [0.1, 0.15) is 11.6 Å². The second kappa shape index (κ2) is 7.19. The molecule has 0 spiro atoms. The van der Waals surface area contributed by atoms with E-state index in [0.29, 0.717) is 11.3 Å². The average molecular weight is 255 g/mol. The first-order valence-corrected chi connectivity index (χ1v) is 6.21. The van der Waals surface area contributed by atoms with Gasteiger partial charge in [0.15, 0.2) is 0 Å². The Morgan fingerprint density at radius 1 is 1.47 bits per heavy atom. The van der Waals surface area contributed by atoms with E-state index in [9.17, 15) is 4.39 Å². The van der Waals surface area contributed by atoms with E-state index in [1.807, 2.05) is 6.92 Å². The molecule has 0 saturated heterocycles. The minimum atomic E-state index is -0.319. The Morgan fingerprint density at radius 2 is 2.24 bits per heavy atom. The monoisotopic (exact) mass is 254 g/mol. The van der Waals surface area contributed by atoms with Crippen molar-refractivity contribution >= 4 is 11.6 Å². The molecule has 17 heavy (non-hydrogen) atoms. The van der Waals surface area contributed by atoms with E-state index < -0.39 is 0 Å². The number of hydrogen-bond donors (Lipinski definition) is 0. The van der Waals surface area contributed by atoms with Crippen molar-refractivity contribution in [2.24, 2.45) is 0 Å². The highest BCUT2D eigenvalue weighted by Crippen LogP contribution is 2.21. The first-order chi connectivity index (χ1) is 8.17.